The number of hydrogen-bond donors (Lipinski definition) is 1. The van der Waals surface area contributed by atoms with Crippen LogP contribution in [0.25, 0.3) is 0 Å². The highest BCUT2D eigenvalue weighted by Gasteiger charge is 2.22. The van der Waals surface area contributed by atoms with E-state index in [-0.39, 0.29) is 12.5 Å². The molecule has 8 heteroatoms. The van der Waals surface area contributed by atoms with Gasteiger partial charge < -0.3 is 14.8 Å². The Morgan fingerprint density at radius 2 is 2.03 bits per heavy atom. The SMILES string of the molecule is CCc1nn(CCCOC(=O)c2ccc(F)cc2)c2c1C(=O)NCCCOCCC2. The van der Waals surface area contributed by atoms with Crippen LogP contribution >= 0.6 is 0 Å². The van der Waals surface area contributed by atoms with Crippen LogP contribution in [-0.4, -0.2) is 48.0 Å². The summed E-state index contributed by atoms with van der Waals surface area (Å²) in [6.45, 7) is 4.60. The van der Waals surface area contributed by atoms with E-state index in [1.54, 1.807) is 0 Å². The molecule has 0 aliphatic carbocycles. The zero-order valence-corrected chi connectivity index (χ0v) is 17.3. The van der Waals surface area contributed by atoms with Crippen molar-refractivity contribution >= 4 is 11.9 Å². The molecule has 162 valence electrons. The van der Waals surface area contributed by atoms with Gasteiger partial charge in [0.2, 0.25) is 0 Å². The van der Waals surface area contributed by atoms with Crippen molar-refractivity contribution in [3.63, 3.8) is 0 Å². The fourth-order valence-electron chi connectivity index (χ4n) is 3.46. The van der Waals surface area contributed by atoms with Gasteiger partial charge in [0.1, 0.15) is 5.82 Å². The molecule has 30 heavy (non-hydrogen) atoms. The number of carbonyl (C=O) groups excluding carboxylic acids is 2. The summed E-state index contributed by atoms with van der Waals surface area (Å²) in [7, 11) is 0. The van der Waals surface area contributed by atoms with Gasteiger partial charge in [-0.25, -0.2) is 9.18 Å². The van der Waals surface area contributed by atoms with Gasteiger partial charge in [-0.2, -0.15) is 5.10 Å². The molecule has 0 unspecified atom stereocenters. The number of halogens is 1. The minimum Gasteiger partial charge on any atom is -0.462 e. The number of aryl methyl sites for hydroxylation is 2. The van der Waals surface area contributed by atoms with E-state index in [4.69, 9.17) is 9.47 Å². The molecule has 3 rings (SSSR count). The van der Waals surface area contributed by atoms with E-state index in [0.717, 1.165) is 24.2 Å². The van der Waals surface area contributed by atoms with Crippen LogP contribution in [0.2, 0.25) is 0 Å². The summed E-state index contributed by atoms with van der Waals surface area (Å²) in [6, 6.07) is 5.26. The average Bonchev–Trinajstić information content (AvgIpc) is 3.08. The van der Waals surface area contributed by atoms with Crippen molar-refractivity contribution < 1.29 is 23.5 Å². The third-order valence-corrected chi connectivity index (χ3v) is 4.97. The molecule has 0 saturated heterocycles. The van der Waals surface area contributed by atoms with Crippen LogP contribution < -0.4 is 5.32 Å². The number of ether oxygens (including phenoxy) is 2. The number of fused-ring (bicyclic) bond motifs is 1. The van der Waals surface area contributed by atoms with E-state index in [9.17, 15) is 14.0 Å². The predicted molar refractivity (Wildman–Crippen MR) is 109 cm³/mol. The molecule has 7 nitrogen and oxygen atoms in total. The molecule has 0 atom stereocenters. The smallest absolute Gasteiger partial charge is 0.338 e. The van der Waals surface area contributed by atoms with Crippen LogP contribution in [-0.2, 0) is 28.9 Å². The first kappa shape index (κ1) is 22.0. The second-order valence-electron chi connectivity index (χ2n) is 7.17. The summed E-state index contributed by atoms with van der Waals surface area (Å²) >= 11 is 0. The second-order valence-corrected chi connectivity index (χ2v) is 7.17. The number of esters is 1. The number of nitrogens with zero attached hydrogens (tertiary/aromatic N) is 2. The van der Waals surface area contributed by atoms with Gasteiger partial charge in [0.25, 0.3) is 5.91 Å². The number of amides is 1. The van der Waals surface area contributed by atoms with E-state index in [2.05, 4.69) is 10.4 Å². The largest absolute Gasteiger partial charge is 0.462 e. The van der Waals surface area contributed by atoms with Crippen LogP contribution in [0.15, 0.2) is 24.3 Å². The molecular weight excluding hydrogens is 389 g/mol. The van der Waals surface area contributed by atoms with Crippen molar-refractivity contribution in [1.29, 1.82) is 0 Å². The van der Waals surface area contributed by atoms with Crippen molar-refractivity contribution in [3.8, 4) is 0 Å². The molecule has 0 bridgehead atoms. The molecule has 2 aromatic rings. The minimum absolute atomic E-state index is 0.0854. The Labute approximate surface area is 175 Å². The molecule has 0 spiro atoms. The van der Waals surface area contributed by atoms with Crippen LogP contribution in [0.1, 0.15) is 58.3 Å². The average molecular weight is 417 g/mol. The maximum atomic E-state index is 13.0. The maximum Gasteiger partial charge on any atom is 0.338 e. The van der Waals surface area contributed by atoms with Crippen molar-refractivity contribution in [2.45, 2.75) is 45.6 Å². The van der Waals surface area contributed by atoms with E-state index < -0.39 is 11.8 Å². The Morgan fingerprint density at radius 3 is 2.80 bits per heavy atom. The molecule has 1 amide bonds. The molecule has 0 fully saturated rings. The third kappa shape index (κ3) is 5.66. The number of hydrogen-bond acceptors (Lipinski definition) is 5. The quantitative estimate of drug-likeness (QED) is 0.577. The highest BCUT2D eigenvalue weighted by Crippen LogP contribution is 2.19. The van der Waals surface area contributed by atoms with Crippen molar-refractivity contribution in [2.75, 3.05) is 26.4 Å². The standard InChI is InChI=1S/C22H28FN3O4/c1-2-18-20-19(6-3-13-29-14-4-11-24-21(20)27)26(25-18)12-5-15-30-22(28)16-7-9-17(23)10-8-16/h7-10H,2-6,11-15H2,1H3,(H,24,27). The van der Waals surface area contributed by atoms with Gasteiger partial charge >= 0.3 is 5.97 Å². The summed E-state index contributed by atoms with van der Waals surface area (Å²) < 4.78 is 25.7. The zero-order chi connectivity index (χ0) is 21.3. The Balaban J connectivity index is 1.64. The first-order valence-corrected chi connectivity index (χ1v) is 10.5. The van der Waals surface area contributed by atoms with E-state index >= 15 is 0 Å². The molecule has 0 radical (unpaired) electrons. The first-order chi connectivity index (χ1) is 14.6. The van der Waals surface area contributed by atoms with Gasteiger partial charge in [0, 0.05) is 32.7 Å². The lowest BCUT2D eigenvalue weighted by Gasteiger charge is -2.10. The van der Waals surface area contributed by atoms with Crippen LogP contribution in [0.5, 0.6) is 0 Å². The minimum atomic E-state index is -0.486. The van der Waals surface area contributed by atoms with Crippen molar-refractivity contribution in [1.82, 2.24) is 15.1 Å². The monoisotopic (exact) mass is 417 g/mol. The third-order valence-electron chi connectivity index (χ3n) is 4.97. The molecule has 1 N–H and O–H groups in total. The number of rotatable bonds is 6. The lowest BCUT2D eigenvalue weighted by atomic mass is 10.1. The van der Waals surface area contributed by atoms with Gasteiger partial charge in [-0.05, 0) is 49.9 Å². The number of benzene rings is 1. The normalized spacial score (nSPS) is 15.1. The second kappa shape index (κ2) is 10.9. The maximum absolute atomic E-state index is 13.0. The summed E-state index contributed by atoms with van der Waals surface area (Å²) in [4.78, 5) is 24.8. The van der Waals surface area contributed by atoms with Gasteiger partial charge in [-0.3, -0.25) is 9.48 Å². The number of carbonyl (C=O) groups is 2. The molecule has 1 aromatic heterocycles. The topological polar surface area (TPSA) is 82.5 Å². The van der Waals surface area contributed by atoms with E-state index in [1.807, 2.05) is 11.6 Å². The highest BCUT2D eigenvalue weighted by atomic mass is 19.1. The summed E-state index contributed by atoms with van der Waals surface area (Å²) in [5.74, 6) is -0.969. The highest BCUT2D eigenvalue weighted by molar-refractivity contribution is 5.96. The number of aromatic nitrogens is 2. The first-order valence-electron chi connectivity index (χ1n) is 10.5. The summed E-state index contributed by atoms with van der Waals surface area (Å²) in [5, 5.41) is 7.61. The van der Waals surface area contributed by atoms with Gasteiger partial charge in [0.05, 0.1) is 29.1 Å². The Bertz CT molecular complexity index is 864. The Hall–Kier alpha value is -2.74. The molecule has 2 heterocycles. The molecular formula is C22H28FN3O4. The lowest BCUT2D eigenvalue weighted by molar-refractivity contribution is 0.0494. The molecule has 1 aliphatic heterocycles. The van der Waals surface area contributed by atoms with E-state index in [0.29, 0.717) is 56.7 Å². The van der Waals surface area contributed by atoms with Crippen molar-refractivity contribution in [2.24, 2.45) is 0 Å². The summed E-state index contributed by atoms with van der Waals surface area (Å²) in [6.07, 6.45) is 3.52. The molecule has 0 saturated carbocycles. The fraction of sp³-hybridized carbons (Fsp3) is 0.500. The van der Waals surface area contributed by atoms with Crippen LogP contribution in [0.4, 0.5) is 4.39 Å². The Morgan fingerprint density at radius 1 is 1.27 bits per heavy atom. The number of nitrogens with one attached hydrogen (secondary N) is 1. The van der Waals surface area contributed by atoms with E-state index in [1.165, 1.54) is 24.3 Å². The summed E-state index contributed by atoms with van der Waals surface area (Å²) in [5.41, 5.74) is 2.67. The van der Waals surface area contributed by atoms with Gasteiger partial charge in [-0.1, -0.05) is 6.92 Å². The van der Waals surface area contributed by atoms with Crippen molar-refractivity contribution in [3.05, 3.63) is 52.6 Å². The fourth-order valence-corrected chi connectivity index (χ4v) is 3.46. The molecule has 1 aromatic carbocycles. The molecule has 1 aliphatic rings. The van der Waals surface area contributed by atoms with Crippen LogP contribution in [0.3, 0.4) is 0 Å². The lowest BCUT2D eigenvalue weighted by Crippen LogP contribution is -2.26. The predicted octanol–water partition coefficient (Wildman–Crippen LogP) is 2.91. The van der Waals surface area contributed by atoms with Gasteiger partial charge in [0.15, 0.2) is 0 Å². The Kier molecular flexibility index (Phi) is 7.96. The van der Waals surface area contributed by atoms with Crippen LogP contribution in [0, 0.1) is 5.82 Å². The zero-order valence-electron chi connectivity index (χ0n) is 17.3. The van der Waals surface area contributed by atoms with Gasteiger partial charge in [-0.15, -0.1) is 0 Å².